The van der Waals surface area contributed by atoms with Gasteiger partial charge < -0.3 is 20.1 Å². The maximum Gasteiger partial charge on any atom is 0.319 e. The van der Waals surface area contributed by atoms with E-state index in [-0.39, 0.29) is 6.03 Å². The van der Waals surface area contributed by atoms with Crippen LogP contribution in [0.2, 0.25) is 0 Å². The van der Waals surface area contributed by atoms with E-state index in [2.05, 4.69) is 15.5 Å². The van der Waals surface area contributed by atoms with Crippen LogP contribution < -0.4 is 15.4 Å². The van der Waals surface area contributed by atoms with Gasteiger partial charge in [-0.05, 0) is 35.9 Å². The number of rotatable bonds is 7. The average Bonchev–Trinajstić information content (AvgIpc) is 2.73. The molecule has 2 aromatic rings. The van der Waals surface area contributed by atoms with E-state index in [0.29, 0.717) is 24.4 Å². The van der Waals surface area contributed by atoms with Gasteiger partial charge >= 0.3 is 6.03 Å². The molecule has 3 rings (SSSR count). The third kappa shape index (κ3) is 6.27. The van der Waals surface area contributed by atoms with Crippen molar-refractivity contribution in [3.05, 3.63) is 59.7 Å². The lowest BCUT2D eigenvalue weighted by Gasteiger charge is -2.26. The molecule has 7 heteroatoms. The summed E-state index contributed by atoms with van der Waals surface area (Å²) in [4.78, 5) is 14.4. The molecule has 2 aromatic carbocycles. The summed E-state index contributed by atoms with van der Waals surface area (Å²) in [6.45, 7) is 5.32. The SMILES string of the molecule is N#Cc1cccc(NC(=O)NCc2cccc(OCCN3CCOCC3)c2)c1. The average molecular weight is 380 g/mol. The van der Waals surface area contributed by atoms with E-state index in [1.165, 1.54) is 0 Å². The van der Waals surface area contributed by atoms with Crippen LogP contribution >= 0.6 is 0 Å². The number of benzene rings is 2. The zero-order valence-corrected chi connectivity index (χ0v) is 15.7. The van der Waals surface area contributed by atoms with Crippen LogP contribution in [0.3, 0.4) is 0 Å². The summed E-state index contributed by atoms with van der Waals surface area (Å²) in [7, 11) is 0. The lowest BCUT2D eigenvalue weighted by atomic mass is 10.2. The highest BCUT2D eigenvalue weighted by Gasteiger charge is 2.10. The highest BCUT2D eigenvalue weighted by atomic mass is 16.5. The summed E-state index contributed by atoms with van der Waals surface area (Å²) in [6.07, 6.45) is 0. The van der Waals surface area contributed by atoms with E-state index >= 15 is 0 Å². The number of anilines is 1. The Morgan fingerprint density at radius 3 is 2.82 bits per heavy atom. The number of carbonyl (C=O) groups is 1. The highest BCUT2D eigenvalue weighted by Crippen LogP contribution is 2.14. The van der Waals surface area contributed by atoms with Gasteiger partial charge in [-0.2, -0.15) is 5.26 Å². The van der Waals surface area contributed by atoms with Crippen LogP contribution in [0, 0.1) is 11.3 Å². The predicted molar refractivity (Wildman–Crippen MR) is 106 cm³/mol. The minimum atomic E-state index is -0.325. The molecule has 0 aliphatic carbocycles. The van der Waals surface area contributed by atoms with Crippen molar-refractivity contribution in [2.24, 2.45) is 0 Å². The van der Waals surface area contributed by atoms with E-state index in [9.17, 15) is 4.79 Å². The molecule has 1 aliphatic heterocycles. The van der Waals surface area contributed by atoms with Gasteiger partial charge in [-0.1, -0.05) is 18.2 Å². The summed E-state index contributed by atoms with van der Waals surface area (Å²) in [5.41, 5.74) is 2.03. The molecule has 7 nitrogen and oxygen atoms in total. The van der Waals surface area contributed by atoms with E-state index < -0.39 is 0 Å². The van der Waals surface area contributed by atoms with Crippen LogP contribution in [0.25, 0.3) is 0 Å². The monoisotopic (exact) mass is 380 g/mol. The second-order valence-corrected chi connectivity index (χ2v) is 6.45. The fraction of sp³-hybridized carbons (Fsp3) is 0.333. The Morgan fingerprint density at radius 2 is 2.00 bits per heavy atom. The first kappa shape index (κ1) is 19.7. The van der Waals surface area contributed by atoms with Gasteiger partial charge in [-0.15, -0.1) is 0 Å². The van der Waals surface area contributed by atoms with Crippen molar-refractivity contribution < 1.29 is 14.3 Å². The van der Waals surface area contributed by atoms with Crippen LogP contribution in [-0.2, 0) is 11.3 Å². The van der Waals surface area contributed by atoms with Crippen LogP contribution in [0.4, 0.5) is 10.5 Å². The molecule has 1 saturated heterocycles. The topological polar surface area (TPSA) is 86.6 Å². The summed E-state index contributed by atoms with van der Waals surface area (Å²) < 4.78 is 11.2. The van der Waals surface area contributed by atoms with Gasteiger partial charge in [-0.25, -0.2) is 4.79 Å². The summed E-state index contributed by atoms with van der Waals surface area (Å²) >= 11 is 0. The number of nitriles is 1. The van der Waals surface area contributed by atoms with Crippen molar-refractivity contribution >= 4 is 11.7 Å². The maximum atomic E-state index is 12.1. The molecule has 2 amide bonds. The third-order valence-electron chi connectivity index (χ3n) is 4.38. The first-order valence-electron chi connectivity index (χ1n) is 9.30. The second kappa shape index (κ2) is 10.3. The first-order valence-corrected chi connectivity index (χ1v) is 9.30. The molecule has 1 heterocycles. The van der Waals surface area contributed by atoms with E-state index in [4.69, 9.17) is 14.7 Å². The summed E-state index contributed by atoms with van der Waals surface area (Å²) in [5.74, 6) is 0.787. The maximum absolute atomic E-state index is 12.1. The molecule has 1 aliphatic rings. The molecule has 28 heavy (non-hydrogen) atoms. The van der Waals surface area contributed by atoms with Gasteiger partial charge in [0, 0.05) is 31.9 Å². The van der Waals surface area contributed by atoms with Crippen LogP contribution in [-0.4, -0.2) is 50.4 Å². The molecular formula is C21H24N4O3. The van der Waals surface area contributed by atoms with Gasteiger partial charge in [0.1, 0.15) is 12.4 Å². The minimum absolute atomic E-state index is 0.325. The minimum Gasteiger partial charge on any atom is -0.492 e. The normalized spacial score (nSPS) is 14.1. The quantitative estimate of drug-likeness (QED) is 0.771. The molecular weight excluding hydrogens is 356 g/mol. The van der Waals surface area contributed by atoms with E-state index in [1.54, 1.807) is 24.3 Å². The standard InChI is InChI=1S/C21H24N4O3/c22-15-17-3-1-5-19(13-17)24-21(26)23-16-18-4-2-6-20(14-18)28-12-9-25-7-10-27-11-8-25/h1-6,13-14H,7-12,16H2,(H2,23,24,26). The van der Waals surface area contributed by atoms with Crippen LogP contribution in [0.15, 0.2) is 48.5 Å². The van der Waals surface area contributed by atoms with E-state index in [1.807, 2.05) is 30.3 Å². The van der Waals surface area contributed by atoms with E-state index in [0.717, 1.165) is 44.2 Å². The first-order chi connectivity index (χ1) is 13.7. The zero-order chi connectivity index (χ0) is 19.6. The lowest BCUT2D eigenvalue weighted by Crippen LogP contribution is -2.38. The Kier molecular flexibility index (Phi) is 7.24. The summed E-state index contributed by atoms with van der Waals surface area (Å²) in [5, 5.41) is 14.4. The number of nitrogens with one attached hydrogen (secondary N) is 2. The Hall–Kier alpha value is -3.08. The Bertz CT molecular complexity index is 828. The van der Waals surface area contributed by atoms with Gasteiger partial charge in [0.15, 0.2) is 0 Å². The fourth-order valence-electron chi connectivity index (χ4n) is 2.89. The van der Waals surface area contributed by atoms with Crippen LogP contribution in [0.1, 0.15) is 11.1 Å². The number of nitrogens with zero attached hydrogens (tertiary/aromatic N) is 2. The number of ether oxygens (including phenoxy) is 2. The Labute approximate surface area is 164 Å². The lowest BCUT2D eigenvalue weighted by molar-refractivity contribution is 0.0322. The van der Waals surface area contributed by atoms with Gasteiger partial charge in [-0.3, -0.25) is 4.90 Å². The van der Waals surface area contributed by atoms with Gasteiger partial charge in [0.05, 0.1) is 24.8 Å². The third-order valence-corrected chi connectivity index (χ3v) is 4.38. The molecule has 0 unspecified atom stereocenters. The van der Waals surface area contributed by atoms with Crippen molar-refractivity contribution in [2.45, 2.75) is 6.54 Å². The fourth-order valence-corrected chi connectivity index (χ4v) is 2.89. The number of morpholine rings is 1. The molecule has 0 atom stereocenters. The smallest absolute Gasteiger partial charge is 0.319 e. The Balaban J connectivity index is 1.43. The van der Waals surface area contributed by atoms with Gasteiger partial charge in [0.2, 0.25) is 0 Å². The molecule has 1 fully saturated rings. The van der Waals surface area contributed by atoms with Crippen molar-refractivity contribution in [3.63, 3.8) is 0 Å². The number of amides is 2. The number of hydrogen-bond acceptors (Lipinski definition) is 5. The van der Waals surface area contributed by atoms with Crippen molar-refractivity contribution in [2.75, 3.05) is 44.8 Å². The van der Waals surface area contributed by atoms with Gasteiger partial charge in [0.25, 0.3) is 0 Å². The molecule has 0 bridgehead atoms. The highest BCUT2D eigenvalue weighted by molar-refractivity contribution is 5.89. The molecule has 0 spiro atoms. The number of carbonyl (C=O) groups excluding carboxylic acids is 1. The van der Waals surface area contributed by atoms with Crippen LogP contribution in [0.5, 0.6) is 5.75 Å². The molecule has 0 radical (unpaired) electrons. The molecule has 2 N–H and O–H groups in total. The molecule has 0 saturated carbocycles. The zero-order valence-electron chi connectivity index (χ0n) is 15.7. The molecule has 146 valence electrons. The number of hydrogen-bond donors (Lipinski definition) is 2. The second-order valence-electron chi connectivity index (χ2n) is 6.45. The van der Waals surface area contributed by atoms with Crippen molar-refractivity contribution in [1.82, 2.24) is 10.2 Å². The van der Waals surface area contributed by atoms with Crippen molar-refractivity contribution in [1.29, 1.82) is 5.26 Å². The number of urea groups is 1. The Morgan fingerprint density at radius 1 is 1.18 bits per heavy atom. The summed E-state index contributed by atoms with van der Waals surface area (Å²) in [6, 6.07) is 16.2. The van der Waals surface area contributed by atoms with Crippen molar-refractivity contribution in [3.8, 4) is 11.8 Å². The largest absolute Gasteiger partial charge is 0.492 e. The predicted octanol–water partition coefficient (Wildman–Crippen LogP) is 2.59. The molecule has 0 aromatic heterocycles.